The van der Waals surface area contributed by atoms with Gasteiger partial charge in [0.25, 0.3) is 0 Å². The Balaban J connectivity index is 4.74. The first kappa shape index (κ1) is 18.7. The average molecular weight is 282 g/mol. The molecule has 0 aliphatic rings. The lowest BCUT2D eigenvalue weighted by Crippen LogP contribution is -2.36. The van der Waals surface area contributed by atoms with Crippen LogP contribution in [0, 0.1) is 11.5 Å². The third-order valence-corrected chi connectivity index (χ3v) is 4.11. The summed E-state index contributed by atoms with van der Waals surface area (Å²) in [5.41, 5.74) is 3.59. The lowest BCUT2D eigenvalue weighted by Gasteiger charge is -2.28. The van der Waals surface area contributed by atoms with Crippen LogP contribution in [0.2, 0.25) is 19.6 Å². The smallest absolute Gasteiger partial charge is 0.129 e. The van der Waals surface area contributed by atoms with Crippen molar-refractivity contribution < 1.29 is 0 Å². The molecule has 0 aromatic heterocycles. The SMILES string of the molecule is CCCCN(CCCC)C(C#C[Si](C)(C)C)CCC. The van der Waals surface area contributed by atoms with Gasteiger partial charge in [-0.15, -0.1) is 5.54 Å². The van der Waals surface area contributed by atoms with E-state index in [1.807, 2.05) is 0 Å². The van der Waals surface area contributed by atoms with Crippen LogP contribution < -0.4 is 0 Å². The summed E-state index contributed by atoms with van der Waals surface area (Å²) in [6.07, 6.45) is 7.63. The van der Waals surface area contributed by atoms with Gasteiger partial charge in [0.1, 0.15) is 8.07 Å². The second kappa shape index (κ2) is 10.5. The van der Waals surface area contributed by atoms with Crippen LogP contribution in [0.3, 0.4) is 0 Å². The molecule has 0 fully saturated rings. The lowest BCUT2D eigenvalue weighted by atomic mass is 10.1. The Labute approximate surface area is 123 Å². The highest BCUT2D eigenvalue weighted by molar-refractivity contribution is 6.83. The van der Waals surface area contributed by atoms with Gasteiger partial charge in [-0.2, -0.15) is 0 Å². The number of nitrogens with zero attached hydrogens (tertiary/aromatic N) is 1. The standard InChI is InChI=1S/C17H35NSi/c1-7-10-14-18(15-11-8-2)17(12-9-3)13-16-19(4,5)6/h17H,7-12,14-15H2,1-6H3. The van der Waals surface area contributed by atoms with Gasteiger partial charge in [-0.05, 0) is 32.4 Å². The zero-order chi connectivity index (χ0) is 14.7. The summed E-state index contributed by atoms with van der Waals surface area (Å²) in [4.78, 5) is 2.64. The van der Waals surface area contributed by atoms with Crippen molar-refractivity contribution in [1.82, 2.24) is 4.90 Å². The molecule has 0 aromatic carbocycles. The molecule has 0 bridgehead atoms. The highest BCUT2D eigenvalue weighted by atomic mass is 28.3. The molecule has 1 unspecified atom stereocenters. The zero-order valence-corrected chi connectivity index (χ0v) is 15.2. The molecule has 0 N–H and O–H groups in total. The predicted octanol–water partition coefficient (Wildman–Crippen LogP) is 4.94. The Hall–Kier alpha value is -0.263. The highest BCUT2D eigenvalue weighted by Crippen LogP contribution is 2.11. The van der Waals surface area contributed by atoms with Crippen LogP contribution in [0.25, 0.3) is 0 Å². The van der Waals surface area contributed by atoms with E-state index >= 15 is 0 Å². The fourth-order valence-corrected chi connectivity index (χ4v) is 2.66. The van der Waals surface area contributed by atoms with E-state index < -0.39 is 8.07 Å². The van der Waals surface area contributed by atoms with Gasteiger partial charge in [-0.3, -0.25) is 4.90 Å². The molecule has 1 atom stereocenters. The summed E-state index contributed by atoms with van der Waals surface area (Å²) in [5, 5.41) is 0. The molecule has 0 aliphatic heterocycles. The van der Waals surface area contributed by atoms with Crippen LogP contribution in [-0.4, -0.2) is 32.1 Å². The van der Waals surface area contributed by atoms with Gasteiger partial charge >= 0.3 is 0 Å². The minimum Gasteiger partial charge on any atom is -0.290 e. The van der Waals surface area contributed by atoms with E-state index in [1.54, 1.807) is 0 Å². The van der Waals surface area contributed by atoms with Crippen LogP contribution in [0.15, 0.2) is 0 Å². The summed E-state index contributed by atoms with van der Waals surface area (Å²) < 4.78 is 0. The van der Waals surface area contributed by atoms with Crippen LogP contribution in [0.5, 0.6) is 0 Å². The van der Waals surface area contributed by atoms with Gasteiger partial charge in [0.15, 0.2) is 0 Å². The molecule has 0 aliphatic carbocycles. The second-order valence-electron chi connectivity index (χ2n) is 6.57. The van der Waals surface area contributed by atoms with E-state index in [0.717, 1.165) is 0 Å². The van der Waals surface area contributed by atoms with Crippen molar-refractivity contribution in [3.63, 3.8) is 0 Å². The van der Waals surface area contributed by atoms with Crippen LogP contribution in [-0.2, 0) is 0 Å². The number of hydrogen-bond donors (Lipinski definition) is 0. The Bertz CT molecular complexity index is 261. The summed E-state index contributed by atoms with van der Waals surface area (Å²) in [5.74, 6) is 3.62. The Morgan fingerprint density at radius 2 is 1.42 bits per heavy atom. The van der Waals surface area contributed by atoms with Crippen LogP contribution in [0.1, 0.15) is 59.3 Å². The minimum absolute atomic E-state index is 0.495. The predicted molar refractivity (Wildman–Crippen MR) is 91.2 cm³/mol. The van der Waals surface area contributed by atoms with Crippen molar-refractivity contribution in [1.29, 1.82) is 0 Å². The van der Waals surface area contributed by atoms with E-state index in [1.165, 1.54) is 51.6 Å². The van der Waals surface area contributed by atoms with E-state index in [0.29, 0.717) is 6.04 Å². The summed E-state index contributed by atoms with van der Waals surface area (Å²) in [7, 11) is -1.25. The molecule has 19 heavy (non-hydrogen) atoms. The number of unbranched alkanes of at least 4 members (excludes halogenated alkanes) is 2. The Morgan fingerprint density at radius 1 is 0.895 bits per heavy atom. The largest absolute Gasteiger partial charge is 0.290 e. The molecular weight excluding hydrogens is 246 g/mol. The topological polar surface area (TPSA) is 3.24 Å². The third kappa shape index (κ3) is 10.2. The van der Waals surface area contributed by atoms with Gasteiger partial charge in [0, 0.05) is 0 Å². The van der Waals surface area contributed by atoms with Crippen molar-refractivity contribution in [3.8, 4) is 11.5 Å². The number of rotatable bonds is 9. The maximum Gasteiger partial charge on any atom is 0.129 e. The van der Waals surface area contributed by atoms with Crippen molar-refractivity contribution in [3.05, 3.63) is 0 Å². The van der Waals surface area contributed by atoms with Gasteiger partial charge in [-0.1, -0.05) is 65.6 Å². The summed E-state index contributed by atoms with van der Waals surface area (Å²) in [6.45, 7) is 16.3. The molecule has 0 aromatic rings. The fourth-order valence-electron chi connectivity index (χ4n) is 2.07. The maximum absolute atomic E-state index is 3.62. The molecule has 0 heterocycles. The Kier molecular flexibility index (Phi) is 10.4. The van der Waals surface area contributed by atoms with Crippen LogP contribution in [0.4, 0.5) is 0 Å². The van der Waals surface area contributed by atoms with Gasteiger partial charge < -0.3 is 0 Å². The molecule has 0 amide bonds. The van der Waals surface area contributed by atoms with Gasteiger partial charge in [-0.25, -0.2) is 0 Å². The fraction of sp³-hybridized carbons (Fsp3) is 0.882. The van der Waals surface area contributed by atoms with Crippen molar-refractivity contribution in [2.24, 2.45) is 0 Å². The minimum atomic E-state index is -1.25. The molecule has 0 rings (SSSR count). The van der Waals surface area contributed by atoms with E-state index in [2.05, 4.69) is 56.8 Å². The van der Waals surface area contributed by atoms with E-state index in [-0.39, 0.29) is 0 Å². The molecule has 112 valence electrons. The van der Waals surface area contributed by atoms with E-state index in [9.17, 15) is 0 Å². The second-order valence-corrected chi connectivity index (χ2v) is 11.3. The highest BCUT2D eigenvalue weighted by Gasteiger charge is 2.16. The molecular formula is C17H35NSi. The maximum atomic E-state index is 3.62. The monoisotopic (exact) mass is 281 g/mol. The summed E-state index contributed by atoms with van der Waals surface area (Å²) >= 11 is 0. The number of hydrogen-bond acceptors (Lipinski definition) is 1. The molecule has 1 nitrogen and oxygen atoms in total. The summed E-state index contributed by atoms with van der Waals surface area (Å²) in [6, 6.07) is 0.495. The average Bonchev–Trinajstić information content (AvgIpc) is 2.34. The van der Waals surface area contributed by atoms with Gasteiger partial charge in [0.05, 0.1) is 6.04 Å². The zero-order valence-electron chi connectivity index (χ0n) is 14.2. The normalized spacial score (nSPS) is 13.2. The molecule has 0 spiro atoms. The lowest BCUT2D eigenvalue weighted by molar-refractivity contribution is 0.219. The molecule has 0 saturated carbocycles. The third-order valence-electron chi connectivity index (χ3n) is 3.21. The Morgan fingerprint density at radius 3 is 1.79 bits per heavy atom. The molecule has 0 radical (unpaired) electrons. The first-order valence-corrected chi connectivity index (χ1v) is 11.7. The van der Waals surface area contributed by atoms with Crippen molar-refractivity contribution in [2.75, 3.05) is 13.1 Å². The van der Waals surface area contributed by atoms with E-state index in [4.69, 9.17) is 0 Å². The van der Waals surface area contributed by atoms with Crippen molar-refractivity contribution >= 4 is 8.07 Å². The quantitative estimate of drug-likeness (QED) is 0.427. The molecule has 0 saturated heterocycles. The first-order chi connectivity index (χ1) is 8.94. The van der Waals surface area contributed by atoms with Gasteiger partial charge in [0.2, 0.25) is 0 Å². The first-order valence-electron chi connectivity index (χ1n) is 8.21. The van der Waals surface area contributed by atoms with Crippen LogP contribution >= 0.6 is 0 Å². The molecule has 2 heteroatoms. The van der Waals surface area contributed by atoms with Crippen molar-refractivity contribution in [2.45, 2.75) is 85.0 Å².